The Morgan fingerprint density at radius 2 is 1.08 bits per heavy atom. The molecule has 0 saturated carbocycles. The molecule has 0 atom stereocenters. The zero-order chi connectivity index (χ0) is 37.8. The minimum Gasteiger partial charge on any atom is -0.508 e. The predicted octanol–water partition coefficient (Wildman–Crippen LogP) is 12.2. The number of carbonyl (C=O) groups is 2. The number of hydrogen-bond acceptors (Lipinski definition) is 4. The monoisotopic (exact) mass is 1140 g/mol. The van der Waals surface area contributed by atoms with Crippen LogP contribution in [0.1, 0.15) is 70.7 Å². The zero-order valence-electron chi connectivity index (χ0n) is 28.4. The number of ether oxygens (including phenoxy) is 1. The largest absolute Gasteiger partial charge is 0.508 e. The zero-order valence-corrected chi connectivity index (χ0v) is 39.0. The van der Waals surface area contributed by atoms with Crippen LogP contribution in [0.4, 0.5) is 0 Å². The highest BCUT2D eigenvalue weighted by Gasteiger charge is 2.31. The Bertz CT molecular complexity index is 1630. The van der Waals surface area contributed by atoms with E-state index in [2.05, 4.69) is 92.5 Å². The second-order valence-electron chi connectivity index (χ2n) is 9.75. The highest BCUT2D eigenvalue weighted by atomic mass is 127. The summed E-state index contributed by atoms with van der Waals surface area (Å²) in [6.45, 7) is 10.5. The van der Waals surface area contributed by atoms with Crippen molar-refractivity contribution >= 4 is 131 Å². The normalized spacial score (nSPS) is 11.8. The number of nitrogens with zero attached hydrogens (tertiary/aromatic N) is 2. The summed E-state index contributed by atoms with van der Waals surface area (Å²) in [6, 6.07) is 27.2. The van der Waals surface area contributed by atoms with Crippen LogP contribution in [0.15, 0.2) is 84.9 Å². The highest BCUT2D eigenvalue weighted by Crippen LogP contribution is 2.33. The van der Waals surface area contributed by atoms with Gasteiger partial charge in [-0.05, 0) is 91.7 Å². The molecule has 0 fully saturated rings. The number of amides is 2. The van der Waals surface area contributed by atoms with Gasteiger partial charge in [-0.25, -0.2) is 0 Å². The van der Waals surface area contributed by atoms with E-state index in [4.69, 9.17) is 27.9 Å². The third-order valence-electron chi connectivity index (χ3n) is 6.69. The first-order valence-electron chi connectivity index (χ1n) is 15.6. The average Bonchev–Trinajstić information content (AvgIpc) is 3.58. The first-order chi connectivity index (χ1) is 24.0. The molecule has 0 bridgehead atoms. The van der Waals surface area contributed by atoms with Crippen molar-refractivity contribution in [3.63, 3.8) is 0 Å². The summed E-state index contributed by atoms with van der Waals surface area (Å²) in [7, 11) is 1.65. The number of alkyl halides is 2. The maximum absolute atomic E-state index is 12.5. The number of halogens is 7. The van der Waals surface area contributed by atoms with E-state index in [0.29, 0.717) is 26.2 Å². The molecule has 270 valence electrons. The smallest absolute Gasteiger partial charge is 0.369 e. The Morgan fingerprint density at radius 1 is 0.720 bits per heavy atom. The number of carbonyl (C=O) groups excluding carboxylic acids is 2. The SMILES string of the molecule is BrB(Br)Br.CC.CC.COc1cc(I)c2c(c1)CN(Cc1ccccc1)C2=O.ClCCl.O=C1c2c(I)cc(O)cc2CN1Cc1ccccc1. The van der Waals surface area contributed by atoms with Gasteiger partial charge in [-0.3, -0.25) is 9.59 Å². The van der Waals surface area contributed by atoms with Gasteiger partial charge < -0.3 is 19.6 Å². The molecule has 2 amide bonds. The second-order valence-corrected chi connectivity index (χ2v) is 19.3. The minimum absolute atomic E-state index is 0.0447. The van der Waals surface area contributed by atoms with E-state index >= 15 is 0 Å². The van der Waals surface area contributed by atoms with E-state index < -0.39 is 0 Å². The number of fused-ring (bicyclic) bond motifs is 2. The van der Waals surface area contributed by atoms with Crippen molar-refractivity contribution in [2.24, 2.45) is 0 Å². The third kappa shape index (κ3) is 15.1. The van der Waals surface area contributed by atoms with Crippen molar-refractivity contribution in [3.8, 4) is 11.5 Å². The fourth-order valence-corrected chi connectivity index (χ4v) is 6.64. The lowest BCUT2D eigenvalue weighted by Gasteiger charge is -2.15. The fraction of sp³-hybridized carbons (Fsp3) is 0.278. The molecule has 14 heteroatoms. The topological polar surface area (TPSA) is 70.1 Å². The number of methoxy groups -OCH3 is 1. The number of hydrogen-bond donors (Lipinski definition) is 1. The molecule has 0 radical (unpaired) electrons. The number of phenols is 1. The molecule has 2 aliphatic heterocycles. The van der Waals surface area contributed by atoms with Crippen molar-refractivity contribution in [2.75, 3.05) is 12.4 Å². The van der Waals surface area contributed by atoms with Gasteiger partial charge >= 0.3 is 3.18 Å². The molecule has 6 rings (SSSR count). The summed E-state index contributed by atoms with van der Waals surface area (Å²) in [5.41, 5.74) is 5.77. The van der Waals surface area contributed by atoms with Crippen LogP contribution in [0, 0.1) is 7.14 Å². The molecule has 4 aromatic rings. The maximum Gasteiger partial charge on any atom is 0.369 e. The lowest BCUT2D eigenvalue weighted by molar-refractivity contribution is 0.0759. The number of aromatic hydroxyl groups is 1. The maximum atomic E-state index is 12.5. The van der Waals surface area contributed by atoms with Gasteiger partial charge in [0.1, 0.15) is 11.5 Å². The van der Waals surface area contributed by atoms with E-state index in [9.17, 15) is 14.7 Å². The van der Waals surface area contributed by atoms with E-state index in [1.807, 2.05) is 110 Å². The number of rotatable bonds is 5. The summed E-state index contributed by atoms with van der Waals surface area (Å²) in [6.07, 6.45) is 0. The lowest BCUT2D eigenvalue weighted by atomic mass is 10.1. The molecule has 0 unspecified atom stereocenters. The molecule has 0 aliphatic carbocycles. The Kier molecular flexibility index (Phi) is 24.3. The number of benzene rings is 4. The first kappa shape index (κ1) is 47.0. The van der Waals surface area contributed by atoms with Crippen LogP contribution in [0.3, 0.4) is 0 Å². The molecule has 2 heterocycles. The molecular weight excluding hydrogens is 1100 g/mol. The lowest BCUT2D eigenvalue weighted by Crippen LogP contribution is -2.23. The molecule has 2 aliphatic rings. The Hall–Kier alpha value is -1.04. The van der Waals surface area contributed by atoms with Crippen LogP contribution in [0.5, 0.6) is 11.5 Å². The Morgan fingerprint density at radius 3 is 1.46 bits per heavy atom. The molecule has 4 aromatic carbocycles. The Balaban J connectivity index is 0.000000390. The van der Waals surface area contributed by atoms with Crippen molar-refractivity contribution in [2.45, 2.75) is 53.9 Å². The predicted molar refractivity (Wildman–Crippen MR) is 238 cm³/mol. The van der Waals surface area contributed by atoms with Crippen LogP contribution in [0.2, 0.25) is 0 Å². The molecule has 6 nitrogen and oxygen atoms in total. The van der Waals surface area contributed by atoms with Gasteiger partial charge in [-0.1, -0.05) is 88.4 Å². The number of phenolic OH excluding ortho intramolecular Hbond substituents is 1. The second kappa shape index (κ2) is 25.9. The van der Waals surface area contributed by atoms with E-state index in [-0.39, 0.29) is 26.1 Å². The van der Waals surface area contributed by atoms with Crippen LogP contribution < -0.4 is 4.74 Å². The molecule has 1 N–H and O–H groups in total. The summed E-state index contributed by atoms with van der Waals surface area (Å²) >= 11 is 23.1. The van der Waals surface area contributed by atoms with Crippen molar-refractivity contribution in [3.05, 3.63) is 125 Å². The van der Waals surface area contributed by atoms with Gasteiger partial charge in [0, 0.05) is 33.3 Å². The standard InChI is InChI=1S/C16H14INO2.C15H12INO2.2C2H6.CH2Cl2.BBr3/c1-20-13-7-12-10-18(9-11-5-3-2-4-6-11)16(19)15(12)14(17)8-13;16-13-7-12(18)6-11-9-17(15(19)14(11)13)8-10-4-2-1-3-5-10;2*1-2;2-1-3;2-1(3)4/h2-8H,9-10H2,1H3;1-7,18H,8-9H2;2*1-2H3;1H2;. The fourth-order valence-electron chi connectivity index (χ4n) is 4.86. The summed E-state index contributed by atoms with van der Waals surface area (Å²) < 4.78 is 7.31. The summed E-state index contributed by atoms with van der Waals surface area (Å²) in [4.78, 5) is 28.6. The average molecular weight is 1140 g/mol. The van der Waals surface area contributed by atoms with Crippen molar-refractivity contribution in [1.29, 1.82) is 0 Å². The summed E-state index contributed by atoms with van der Waals surface area (Å²) in [5.74, 6) is 1.18. The van der Waals surface area contributed by atoms with Gasteiger partial charge in [0.05, 0.1) is 23.6 Å². The van der Waals surface area contributed by atoms with E-state index in [1.165, 1.54) is 0 Å². The van der Waals surface area contributed by atoms with Crippen LogP contribution >= 0.6 is 116 Å². The van der Waals surface area contributed by atoms with Crippen molar-refractivity contribution in [1.82, 2.24) is 9.80 Å². The van der Waals surface area contributed by atoms with E-state index in [0.717, 1.165) is 46.3 Å². The highest BCUT2D eigenvalue weighted by molar-refractivity contribution is 14.1. The van der Waals surface area contributed by atoms with Gasteiger partial charge in [0.15, 0.2) is 0 Å². The minimum atomic E-state index is 0.0447. The van der Waals surface area contributed by atoms with Gasteiger partial charge in [0.25, 0.3) is 11.8 Å². The first-order valence-corrected chi connectivity index (χ1v) is 21.5. The summed E-state index contributed by atoms with van der Waals surface area (Å²) in [5, 5.41) is 9.80. The van der Waals surface area contributed by atoms with E-state index in [1.54, 1.807) is 19.2 Å². The van der Waals surface area contributed by atoms with Crippen molar-refractivity contribution < 1.29 is 19.4 Å². The van der Waals surface area contributed by atoms with Crippen LogP contribution in [0.25, 0.3) is 0 Å². The molecule has 0 saturated heterocycles. The van der Waals surface area contributed by atoms with Gasteiger partial charge in [0.2, 0.25) is 0 Å². The molecule has 0 spiro atoms. The van der Waals surface area contributed by atoms with Gasteiger partial charge in [-0.2, -0.15) is 0 Å². The van der Waals surface area contributed by atoms with Crippen LogP contribution in [-0.2, 0) is 26.2 Å². The molecule has 0 aromatic heterocycles. The molecule has 50 heavy (non-hydrogen) atoms. The van der Waals surface area contributed by atoms with Gasteiger partial charge in [-0.15, -0.1) is 70.5 Å². The quantitative estimate of drug-likeness (QED) is 0.123. The Labute approximate surface area is 359 Å². The van der Waals surface area contributed by atoms with Crippen LogP contribution in [-0.4, -0.2) is 42.4 Å². The third-order valence-corrected chi connectivity index (χ3v) is 8.40. The molecular formula is C36H40BBr3Cl2I2N2O4.